The first-order valence-corrected chi connectivity index (χ1v) is 8.44. The van der Waals surface area contributed by atoms with Crippen LogP contribution in [-0.2, 0) is 0 Å². The first-order chi connectivity index (χ1) is 11.8. The summed E-state index contributed by atoms with van der Waals surface area (Å²) in [6.07, 6.45) is -1.42. The number of aliphatic hydroxyl groups excluding tert-OH is 2. The minimum Gasteiger partial charge on any atom is -0.393 e. The van der Waals surface area contributed by atoms with Crippen LogP contribution in [0.2, 0.25) is 9.36 Å². The molecule has 0 aliphatic heterocycles. The van der Waals surface area contributed by atoms with Gasteiger partial charge in [-0.05, 0) is 23.8 Å². The van der Waals surface area contributed by atoms with E-state index >= 15 is 0 Å². The molecule has 0 saturated heterocycles. The average Bonchev–Trinajstić information content (AvgIpc) is 3.10. The molecule has 1 amide bonds. The van der Waals surface area contributed by atoms with Crippen molar-refractivity contribution in [1.82, 2.24) is 4.98 Å². The van der Waals surface area contributed by atoms with Crippen LogP contribution in [0.4, 0.5) is 14.5 Å². The smallest absolute Gasteiger partial charge is 0.272 e. The number of hydrogen-bond donors (Lipinski definition) is 4. The van der Waals surface area contributed by atoms with Crippen LogP contribution >= 0.6 is 34.5 Å². The zero-order valence-electron chi connectivity index (χ0n) is 12.2. The van der Waals surface area contributed by atoms with Crippen LogP contribution in [0.25, 0.3) is 10.2 Å². The zero-order valence-corrected chi connectivity index (χ0v) is 14.6. The van der Waals surface area contributed by atoms with Crippen molar-refractivity contribution >= 4 is 56.3 Å². The van der Waals surface area contributed by atoms with Gasteiger partial charge in [-0.1, -0.05) is 23.2 Å². The maximum atomic E-state index is 14.1. The van der Waals surface area contributed by atoms with E-state index in [1.54, 1.807) is 0 Å². The van der Waals surface area contributed by atoms with Crippen LogP contribution in [0.15, 0.2) is 18.2 Å². The van der Waals surface area contributed by atoms with E-state index in [1.807, 2.05) is 0 Å². The van der Waals surface area contributed by atoms with Crippen molar-refractivity contribution in [3.8, 4) is 0 Å². The Bertz CT molecular complexity index is 950. The second-order valence-electron chi connectivity index (χ2n) is 5.12. The van der Waals surface area contributed by atoms with Crippen LogP contribution in [0.1, 0.15) is 22.2 Å². The first kappa shape index (κ1) is 18.1. The van der Waals surface area contributed by atoms with Gasteiger partial charge in [0.25, 0.3) is 5.91 Å². The molecule has 1 aromatic carbocycles. The summed E-state index contributed by atoms with van der Waals surface area (Å²) in [6, 6.07) is 3.14. The van der Waals surface area contributed by atoms with Gasteiger partial charge >= 0.3 is 0 Å². The molecule has 1 atom stereocenters. The van der Waals surface area contributed by atoms with Gasteiger partial charge in [0.05, 0.1) is 21.8 Å². The number of aromatic amines is 1. The summed E-state index contributed by atoms with van der Waals surface area (Å²) < 4.78 is 29.1. The summed E-state index contributed by atoms with van der Waals surface area (Å²) in [4.78, 5) is 15.0. The third-order valence-corrected chi connectivity index (χ3v) is 5.41. The summed E-state index contributed by atoms with van der Waals surface area (Å²) in [5.41, 5.74) is -0.291. The van der Waals surface area contributed by atoms with Crippen molar-refractivity contribution in [2.45, 2.75) is 6.10 Å². The second kappa shape index (κ2) is 6.89. The number of carbonyl (C=O) groups excluding carboxylic acids is 1. The van der Waals surface area contributed by atoms with Crippen molar-refractivity contribution < 1.29 is 23.8 Å². The molecule has 0 radical (unpaired) electrons. The summed E-state index contributed by atoms with van der Waals surface area (Å²) in [5, 5.41) is 20.7. The quantitative estimate of drug-likeness (QED) is 0.526. The van der Waals surface area contributed by atoms with Crippen LogP contribution in [0, 0.1) is 11.6 Å². The molecule has 3 rings (SSSR count). The molecule has 3 aromatic rings. The molecule has 2 aromatic heterocycles. The highest BCUT2D eigenvalue weighted by Crippen LogP contribution is 2.39. The lowest BCUT2D eigenvalue weighted by molar-refractivity contribution is 0.0951. The van der Waals surface area contributed by atoms with Crippen molar-refractivity contribution in [2.24, 2.45) is 0 Å². The highest BCUT2D eigenvalue weighted by atomic mass is 35.5. The largest absolute Gasteiger partial charge is 0.393 e. The number of benzene rings is 1. The number of hydrogen-bond acceptors (Lipinski definition) is 4. The SMILES string of the molecule is O=C(Nc1c(F)cc(C(O)CO)cc1F)c1cc2sc(Cl)c(Cl)c2[nH]1. The topological polar surface area (TPSA) is 85.3 Å². The Morgan fingerprint density at radius 1 is 1.28 bits per heavy atom. The Morgan fingerprint density at radius 2 is 1.92 bits per heavy atom. The summed E-state index contributed by atoms with van der Waals surface area (Å²) in [6.45, 7) is -0.687. The molecule has 0 bridgehead atoms. The fourth-order valence-electron chi connectivity index (χ4n) is 2.23. The number of amides is 1. The van der Waals surface area contributed by atoms with E-state index in [2.05, 4.69) is 10.3 Å². The van der Waals surface area contributed by atoms with Gasteiger partial charge in [-0.15, -0.1) is 11.3 Å². The van der Waals surface area contributed by atoms with E-state index in [9.17, 15) is 18.7 Å². The normalized spacial score (nSPS) is 12.6. The number of fused-ring (bicyclic) bond motifs is 1. The van der Waals surface area contributed by atoms with Gasteiger partial charge in [0.1, 0.15) is 33.5 Å². The molecule has 0 spiro atoms. The van der Waals surface area contributed by atoms with Crippen LogP contribution in [0.5, 0.6) is 0 Å². The van der Waals surface area contributed by atoms with E-state index in [0.717, 1.165) is 23.5 Å². The van der Waals surface area contributed by atoms with E-state index in [0.29, 0.717) is 14.6 Å². The van der Waals surface area contributed by atoms with Gasteiger partial charge in [0, 0.05) is 0 Å². The molecule has 0 aliphatic carbocycles. The molecule has 4 N–H and O–H groups in total. The Kier molecular flexibility index (Phi) is 4.99. The van der Waals surface area contributed by atoms with Crippen molar-refractivity contribution in [3.63, 3.8) is 0 Å². The molecular weight excluding hydrogens is 397 g/mol. The number of thiophene rings is 1. The van der Waals surface area contributed by atoms with Crippen LogP contribution in [-0.4, -0.2) is 27.7 Å². The summed E-state index contributed by atoms with van der Waals surface area (Å²) in [5.74, 6) is -2.93. The third-order valence-electron chi connectivity index (χ3n) is 3.48. The molecule has 0 fully saturated rings. The van der Waals surface area contributed by atoms with Gasteiger partial charge < -0.3 is 20.5 Å². The summed E-state index contributed by atoms with van der Waals surface area (Å²) >= 11 is 13.0. The minimum atomic E-state index is -1.42. The molecule has 0 aliphatic rings. The minimum absolute atomic E-state index is 0.0538. The summed E-state index contributed by atoms with van der Waals surface area (Å²) in [7, 11) is 0. The van der Waals surface area contributed by atoms with E-state index in [4.69, 9.17) is 28.3 Å². The average molecular weight is 407 g/mol. The maximum absolute atomic E-state index is 14.1. The first-order valence-electron chi connectivity index (χ1n) is 6.87. The van der Waals surface area contributed by atoms with Crippen molar-refractivity contribution in [1.29, 1.82) is 0 Å². The molecule has 0 saturated carbocycles. The molecular formula is C15H10Cl2F2N2O3S. The second-order valence-corrected chi connectivity index (χ2v) is 7.16. The standard InChI is InChI=1S/C15H10Cl2F2N2O3S/c16-11-13-10(25-14(11)17)3-8(20-13)15(24)21-12-6(18)1-5(2-7(12)19)9(23)4-22/h1-3,9,20,22-23H,4H2,(H,21,24). The van der Waals surface area contributed by atoms with Gasteiger partial charge in [-0.3, -0.25) is 4.79 Å². The number of H-pyrrole nitrogens is 1. The lowest BCUT2D eigenvalue weighted by Crippen LogP contribution is -2.15. The van der Waals surface area contributed by atoms with Gasteiger partial charge in [-0.25, -0.2) is 8.78 Å². The number of carbonyl (C=O) groups is 1. The highest BCUT2D eigenvalue weighted by molar-refractivity contribution is 7.23. The number of nitrogens with one attached hydrogen (secondary N) is 2. The highest BCUT2D eigenvalue weighted by Gasteiger charge is 2.20. The fourth-order valence-corrected chi connectivity index (χ4v) is 3.71. The van der Waals surface area contributed by atoms with Crippen molar-refractivity contribution in [2.75, 3.05) is 11.9 Å². The van der Waals surface area contributed by atoms with E-state index in [1.165, 1.54) is 6.07 Å². The Hall–Kier alpha value is -1.71. The molecule has 132 valence electrons. The lowest BCUT2D eigenvalue weighted by atomic mass is 10.1. The number of halogens is 4. The molecule has 1 unspecified atom stereocenters. The number of aromatic nitrogens is 1. The molecule has 2 heterocycles. The number of anilines is 1. The predicted molar refractivity (Wildman–Crippen MR) is 92.6 cm³/mol. The van der Waals surface area contributed by atoms with E-state index in [-0.39, 0.29) is 16.3 Å². The lowest BCUT2D eigenvalue weighted by Gasteiger charge is -2.12. The number of rotatable bonds is 4. The molecule has 10 heteroatoms. The van der Waals surface area contributed by atoms with E-state index < -0.39 is 35.9 Å². The maximum Gasteiger partial charge on any atom is 0.272 e. The molecule has 25 heavy (non-hydrogen) atoms. The van der Waals surface area contributed by atoms with Crippen LogP contribution < -0.4 is 5.32 Å². The third kappa shape index (κ3) is 3.36. The monoisotopic (exact) mass is 406 g/mol. The van der Waals surface area contributed by atoms with Gasteiger partial charge in [0.2, 0.25) is 0 Å². The van der Waals surface area contributed by atoms with Crippen LogP contribution in [0.3, 0.4) is 0 Å². The van der Waals surface area contributed by atoms with Gasteiger partial charge in [-0.2, -0.15) is 0 Å². The fraction of sp³-hybridized carbons (Fsp3) is 0.133. The Balaban J connectivity index is 1.89. The van der Waals surface area contributed by atoms with Gasteiger partial charge in [0.15, 0.2) is 0 Å². The van der Waals surface area contributed by atoms with Crippen molar-refractivity contribution in [3.05, 3.63) is 50.4 Å². The molecule has 5 nitrogen and oxygen atoms in total. The Morgan fingerprint density at radius 3 is 2.48 bits per heavy atom. The zero-order chi connectivity index (χ0) is 18.3. The predicted octanol–water partition coefficient (Wildman–Crippen LogP) is 4.09. The Labute approximate surface area is 153 Å². The number of aliphatic hydroxyl groups is 2.